The van der Waals surface area contributed by atoms with Gasteiger partial charge in [-0.2, -0.15) is 0 Å². The molecule has 0 saturated carbocycles. The third-order valence-corrected chi connectivity index (χ3v) is 4.53. The highest BCUT2D eigenvalue weighted by Gasteiger charge is 2.08. The standard InChI is InChI=1S/C20H25N3/c1-14-6-8-17(9-7-14)13-21-11-4-5-19-20-18(10-12-22-19)15(2)16(3)23-20/h6-10,12,21,23H,4-5,11,13H2,1-3H3. The van der Waals surface area contributed by atoms with Crippen LogP contribution in [0.5, 0.6) is 0 Å². The van der Waals surface area contributed by atoms with Crippen molar-refractivity contribution in [2.45, 2.75) is 40.2 Å². The van der Waals surface area contributed by atoms with Gasteiger partial charge in [-0.15, -0.1) is 0 Å². The number of aromatic nitrogens is 2. The molecule has 3 rings (SSSR count). The van der Waals surface area contributed by atoms with Crippen LogP contribution >= 0.6 is 0 Å². The van der Waals surface area contributed by atoms with Crippen LogP contribution in [0.25, 0.3) is 10.9 Å². The van der Waals surface area contributed by atoms with E-state index in [1.165, 1.54) is 39.0 Å². The van der Waals surface area contributed by atoms with Crippen LogP contribution in [-0.4, -0.2) is 16.5 Å². The molecule has 0 bridgehead atoms. The van der Waals surface area contributed by atoms with Gasteiger partial charge in [0.25, 0.3) is 0 Å². The minimum absolute atomic E-state index is 0.929. The number of nitrogens with one attached hydrogen (secondary N) is 2. The highest BCUT2D eigenvalue weighted by atomic mass is 14.8. The van der Waals surface area contributed by atoms with E-state index in [0.29, 0.717) is 0 Å². The summed E-state index contributed by atoms with van der Waals surface area (Å²) in [4.78, 5) is 8.05. The maximum absolute atomic E-state index is 4.57. The lowest BCUT2D eigenvalue weighted by Crippen LogP contribution is -2.15. The first-order valence-corrected chi connectivity index (χ1v) is 8.34. The molecule has 23 heavy (non-hydrogen) atoms. The summed E-state index contributed by atoms with van der Waals surface area (Å²) in [5.41, 5.74) is 7.61. The molecule has 3 aromatic rings. The Morgan fingerprint density at radius 2 is 1.83 bits per heavy atom. The number of H-pyrrole nitrogens is 1. The molecule has 2 aromatic heterocycles. The zero-order valence-electron chi connectivity index (χ0n) is 14.2. The molecule has 2 N–H and O–H groups in total. The van der Waals surface area contributed by atoms with Crippen molar-refractivity contribution in [2.24, 2.45) is 0 Å². The van der Waals surface area contributed by atoms with Gasteiger partial charge in [0.15, 0.2) is 0 Å². The number of aromatic amines is 1. The van der Waals surface area contributed by atoms with Crippen molar-refractivity contribution in [1.82, 2.24) is 15.3 Å². The summed E-state index contributed by atoms with van der Waals surface area (Å²) in [5, 5.41) is 4.82. The Labute approximate surface area is 138 Å². The molecule has 3 heteroatoms. The van der Waals surface area contributed by atoms with E-state index in [0.717, 1.165) is 25.9 Å². The number of pyridine rings is 1. The summed E-state index contributed by atoms with van der Waals surface area (Å²) in [5.74, 6) is 0. The fourth-order valence-electron chi connectivity index (χ4n) is 2.95. The summed E-state index contributed by atoms with van der Waals surface area (Å²) in [7, 11) is 0. The van der Waals surface area contributed by atoms with Gasteiger partial charge in [-0.25, -0.2) is 0 Å². The van der Waals surface area contributed by atoms with Gasteiger partial charge in [0.1, 0.15) is 0 Å². The molecular formula is C20H25N3. The lowest BCUT2D eigenvalue weighted by atomic mass is 10.1. The van der Waals surface area contributed by atoms with Crippen LogP contribution in [0, 0.1) is 20.8 Å². The molecule has 2 heterocycles. The van der Waals surface area contributed by atoms with E-state index in [4.69, 9.17) is 0 Å². The van der Waals surface area contributed by atoms with Gasteiger partial charge >= 0.3 is 0 Å². The maximum atomic E-state index is 4.57. The number of hydrogen-bond acceptors (Lipinski definition) is 2. The van der Waals surface area contributed by atoms with Crippen LogP contribution in [0.15, 0.2) is 36.5 Å². The van der Waals surface area contributed by atoms with E-state index >= 15 is 0 Å². The third-order valence-electron chi connectivity index (χ3n) is 4.53. The fraction of sp³-hybridized carbons (Fsp3) is 0.350. The molecule has 0 atom stereocenters. The van der Waals surface area contributed by atoms with Gasteiger partial charge in [-0.1, -0.05) is 29.8 Å². The zero-order chi connectivity index (χ0) is 16.2. The van der Waals surface area contributed by atoms with Crippen molar-refractivity contribution in [3.8, 4) is 0 Å². The smallest absolute Gasteiger partial charge is 0.0677 e. The minimum atomic E-state index is 0.929. The predicted octanol–water partition coefficient (Wildman–Crippen LogP) is 4.21. The van der Waals surface area contributed by atoms with Crippen molar-refractivity contribution in [2.75, 3.05) is 6.54 Å². The molecule has 0 fully saturated rings. The summed E-state index contributed by atoms with van der Waals surface area (Å²) in [6, 6.07) is 10.8. The van der Waals surface area contributed by atoms with Crippen molar-refractivity contribution >= 4 is 10.9 Å². The van der Waals surface area contributed by atoms with Crippen LogP contribution in [0.3, 0.4) is 0 Å². The average molecular weight is 307 g/mol. The van der Waals surface area contributed by atoms with Crippen LogP contribution in [-0.2, 0) is 13.0 Å². The van der Waals surface area contributed by atoms with Crippen molar-refractivity contribution in [1.29, 1.82) is 0 Å². The first-order valence-electron chi connectivity index (χ1n) is 8.34. The zero-order valence-corrected chi connectivity index (χ0v) is 14.2. The molecule has 0 amide bonds. The molecule has 0 radical (unpaired) electrons. The van der Waals surface area contributed by atoms with Crippen LogP contribution in [0.2, 0.25) is 0 Å². The van der Waals surface area contributed by atoms with E-state index in [1.807, 2.05) is 6.20 Å². The molecule has 1 aromatic carbocycles. The van der Waals surface area contributed by atoms with E-state index in [-0.39, 0.29) is 0 Å². The molecule has 0 saturated heterocycles. The van der Waals surface area contributed by atoms with Crippen LogP contribution in [0.1, 0.15) is 34.5 Å². The summed E-state index contributed by atoms with van der Waals surface area (Å²) < 4.78 is 0. The van der Waals surface area contributed by atoms with E-state index in [9.17, 15) is 0 Å². The highest BCUT2D eigenvalue weighted by Crippen LogP contribution is 2.23. The second kappa shape index (κ2) is 6.97. The molecule has 3 nitrogen and oxygen atoms in total. The molecule has 0 spiro atoms. The van der Waals surface area contributed by atoms with Gasteiger partial charge in [-0.05, 0) is 57.4 Å². The summed E-state index contributed by atoms with van der Waals surface area (Å²) in [6.07, 6.45) is 4.02. The molecule has 0 aliphatic heterocycles. The number of nitrogens with zero attached hydrogens (tertiary/aromatic N) is 1. The van der Waals surface area contributed by atoms with Crippen LogP contribution < -0.4 is 5.32 Å². The van der Waals surface area contributed by atoms with E-state index in [2.05, 4.69) is 66.4 Å². The number of rotatable bonds is 6. The maximum Gasteiger partial charge on any atom is 0.0677 e. The number of fused-ring (bicyclic) bond motifs is 1. The molecule has 0 aliphatic rings. The fourth-order valence-corrected chi connectivity index (χ4v) is 2.95. The summed E-state index contributed by atoms with van der Waals surface area (Å²) >= 11 is 0. The molecule has 0 unspecified atom stereocenters. The van der Waals surface area contributed by atoms with E-state index in [1.54, 1.807) is 0 Å². The Morgan fingerprint density at radius 3 is 2.61 bits per heavy atom. The van der Waals surface area contributed by atoms with Crippen molar-refractivity contribution < 1.29 is 0 Å². The monoisotopic (exact) mass is 307 g/mol. The second-order valence-corrected chi connectivity index (χ2v) is 6.32. The number of benzene rings is 1. The van der Waals surface area contributed by atoms with Crippen LogP contribution in [0.4, 0.5) is 0 Å². The Balaban J connectivity index is 1.53. The number of aryl methyl sites for hydroxylation is 4. The first-order chi connectivity index (χ1) is 11.1. The third kappa shape index (κ3) is 3.62. The highest BCUT2D eigenvalue weighted by molar-refractivity contribution is 5.85. The quantitative estimate of drug-likeness (QED) is 0.670. The molecular weight excluding hydrogens is 282 g/mol. The van der Waals surface area contributed by atoms with Gasteiger partial charge in [-0.3, -0.25) is 4.98 Å². The van der Waals surface area contributed by atoms with Gasteiger partial charge in [0, 0.05) is 23.8 Å². The van der Waals surface area contributed by atoms with Crippen molar-refractivity contribution in [3.05, 3.63) is 64.6 Å². The van der Waals surface area contributed by atoms with Crippen molar-refractivity contribution in [3.63, 3.8) is 0 Å². The summed E-state index contributed by atoms with van der Waals surface area (Å²) in [6.45, 7) is 8.35. The Bertz CT molecular complexity index is 785. The molecule has 0 aliphatic carbocycles. The van der Waals surface area contributed by atoms with Gasteiger partial charge in [0.05, 0.1) is 11.2 Å². The van der Waals surface area contributed by atoms with Gasteiger partial charge < -0.3 is 10.3 Å². The van der Waals surface area contributed by atoms with Gasteiger partial charge in [0.2, 0.25) is 0 Å². The van der Waals surface area contributed by atoms with E-state index < -0.39 is 0 Å². The lowest BCUT2D eigenvalue weighted by Gasteiger charge is -2.06. The largest absolute Gasteiger partial charge is 0.357 e. The lowest BCUT2D eigenvalue weighted by molar-refractivity contribution is 0.646. The second-order valence-electron chi connectivity index (χ2n) is 6.32. The SMILES string of the molecule is Cc1ccc(CNCCCc2nccc3c(C)c(C)[nH]c23)cc1. The Hall–Kier alpha value is -2.13. The predicted molar refractivity (Wildman–Crippen MR) is 96.8 cm³/mol. The topological polar surface area (TPSA) is 40.7 Å². The minimum Gasteiger partial charge on any atom is -0.357 e. The number of hydrogen-bond donors (Lipinski definition) is 2. The average Bonchev–Trinajstić information content (AvgIpc) is 2.85. The normalized spacial score (nSPS) is 11.3. The first kappa shape index (κ1) is 15.8. The Morgan fingerprint density at radius 1 is 1.04 bits per heavy atom. The Kier molecular flexibility index (Phi) is 4.77. The molecule has 120 valence electrons.